The summed E-state index contributed by atoms with van der Waals surface area (Å²) in [5.41, 5.74) is 0. The maximum absolute atomic E-state index is 8.59. The van der Waals surface area contributed by atoms with Crippen molar-refractivity contribution in [2.45, 2.75) is 80.1 Å². The number of halogens is 1. The highest BCUT2D eigenvalue weighted by Gasteiger charge is 2.03. The van der Waals surface area contributed by atoms with Crippen molar-refractivity contribution in [3.8, 4) is 0 Å². The lowest BCUT2D eigenvalue weighted by Gasteiger charge is -2.13. The van der Waals surface area contributed by atoms with Crippen LogP contribution < -0.4 is 0 Å². The molecule has 0 aliphatic heterocycles. The van der Waals surface area contributed by atoms with Gasteiger partial charge in [0.05, 0.1) is 0 Å². The minimum absolute atomic E-state index is 0. The molecule has 0 bridgehead atoms. The van der Waals surface area contributed by atoms with E-state index in [9.17, 15) is 0 Å². The fourth-order valence-electron chi connectivity index (χ4n) is 2.57. The second-order valence-electron chi connectivity index (χ2n) is 5.92. The van der Waals surface area contributed by atoms with Crippen molar-refractivity contribution in [3.63, 3.8) is 0 Å². The van der Waals surface area contributed by atoms with Gasteiger partial charge in [-0.15, -0.1) is 28.3 Å². The highest BCUT2D eigenvalue weighted by atomic mass is 35.5. The molecule has 0 spiro atoms. The normalized spacial score (nSPS) is 10.0. The summed E-state index contributed by atoms with van der Waals surface area (Å²) in [7, 11) is -2.24. The van der Waals surface area contributed by atoms with Crippen LogP contribution in [0.2, 0.25) is 0 Å². The van der Waals surface area contributed by atoms with Crippen molar-refractivity contribution in [2.75, 3.05) is 37.0 Å². The molecule has 0 saturated carbocycles. The van der Waals surface area contributed by atoms with Crippen molar-refractivity contribution in [3.05, 3.63) is 0 Å². The molecule has 1 N–H and O–H groups in total. The molecule has 0 aliphatic carbocycles. The molecule has 158 valence electrons. The lowest BCUT2D eigenvalue weighted by atomic mass is 10.6. The standard InChI is InChI=1S/2C9H21P.ClH.H2O3S/c2*1-4-7-10(8-5-2)9-6-3;;1-4(2)3/h2*4-9H2,1-3H3;1H;4H,(H,1,2,3). The largest absolute Gasteiger partial charge is 0.288 e. The molecular formula is C18H45ClO3P2S. The van der Waals surface area contributed by atoms with Crippen molar-refractivity contribution >= 4 is 39.2 Å². The van der Waals surface area contributed by atoms with Crippen molar-refractivity contribution < 1.29 is 13.0 Å². The van der Waals surface area contributed by atoms with E-state index in [1.54, 1.807) is 0 Å². The van der Waals surface area contributed by atoms with Crippen LogP contribution >= 0.6 is 28.3 Å². The molecule has 7 heteroatoms. The molecule has 0 saturated heterocycles. The average Bonchev–Trinajstić information content (AvgIpc) is 2.49. The Labute approximate surface area is 169 Å². The van der Waals surface area contributed by atoms with Gasteiger partial charge in [0.15, 0.2) is 0 Å². The summed E-state index contributed by atoms with van der Waals surface area (Å²) >= 11 is 0. The van der Waals surface area contributed by atoms with Gasteiger partial charge in [-0.05, 0) is 37.0 Å². The summed E-state index contributed by atoms with van der Waals surface area (Å²) in [5.74, 6) is 0. The number of rotatable bonds is 12. The van der Waals surface area contributed by atoms with E-state index in [2.05, 4.69) is 41.5 Å². The smallest absolute Gasteiger partial charge is 0.254 e. The van der Waals surface area contributed by atoms with Gasteiger partial charge in [-0.2, -0.15) is 0 Å². The third-order valence-corrected chi connectivity index (χ3v) is 9.72. The quantitative estimate of drug-likeness (QED) is 0.198. The summed E-state index contributed by atoms with van der Waals surface area (Å²) in [6.45, 7) is 13.8. The predicted octanol–water partition coefficient (Wildman–Crippen LogP) is 6.89. The van der Waals surface area contributed by atoms with Gasteiger partial charge < -0.3 is 0 Å². The van der Waals surface area contributed by atoms with Crippen LogP contribution in [0.3, 0.4) is 0 Å². The van der Waals surface area contributed by atoms with Crippen LogP contribution in [0.1, 0.15) is 80.1 Å². The van der Waals surface area contributed by atoms with Crippen LogP contribution in [0.4, 0.5) is 0 Å². The molecule has 3 nitrogen and oxygen atoms in total. The number of thiol groups is 1. The van der Waals surface area contributed by atoms with Crippen LogP contribution in [0.25, 0.3) is 0 Å². The molecule has 0 rings (SSSR count). The SMILES string of the molecule is CCCP(CCC)CCC.CCCP(CCC)CCC.Cl.O=[SH](=O)O. The van der Waals surface area contributed by atoms with E-state index in [0.717, 1.165) is 0 Å². The van der Waals surface area contributed by atoms with E-state index in [0.29, 0.717) is 15.8 Å². The zero-order chi connectivity index (χ0) is 19.2. The van der Waals surface area contributed by atoms with E-state index < -0.39 is 11.0 Å². The van der Waals surface area contributed by atoms with Gasteiger partial charge in [0.2, 0.25) is 0 Å². The molecule has 0 unspecified atom stereocenters. The van der Waals surface area contributed by atoms with Gasteiger partial charge in [0, 0.05) is 0 Å². The van der Waals surface area contributed by atoms with Crippen LogP contribution in [0, 0.1) is 0 Å². The van der Waals surface area contributed by atoms with Gasteiger partial charge >= 0.3 is 0 Å². The Morgan fingerprint density at radius 2 is 0.680 bits per heavy atom. The van der Waals surface area contributed by atoms with Gasteiger partial charge in [0.25, 0.3) is 11.0 Å². The summed E-state index contributed by atoms with van der Waals surface area (Å²) in [5, 5.41) is 0. The van der Waals surface area contributed by atoms with Crippen molar-refractivity contribution in [2.24, 2.45) is 0 Å². The minimum Gasteiger partial charge on any atom is -0.288 e. The average molecular weight is 439 g/mol. The third kappa shape index (κ3) is 36.7. The second kappa shape index (κ2) is 29.8. The van der Waals surface area contributed by atoms with E-state index in [4.69, 9.17) is 13.0 Å². The van der Waals surface area contributed by atoms with Crippen molar-refractivity contribution in [1.29, 1.82) is 0 Å². The monoisotopic (exact) mass is 438 g/mol. The van der Waals surface area contributed by atoms with Gasteiger partial charge in [-0.3, -0.25) is 4.55 Å². The van der Waals surface area contributed by atoms with Gasteiger partial charge in [-0.1, -0.05) is 80.1 Å². The Hall–Kier alpha value is 1.06. The van der Waals surface area contributed by atoms with Gasteiger partial charge in [-0.25, -0.2) is 8.42 Å². The molecule has 0 heterocycles. The Kier molecular flexibility index (Phi) is 40.1. The summed E-state index contributed by atoms with van der Waals surface area (Å²) < 4.78 is 24.2. The fourth-order valence-corrected chi connectivity index (χ4v) is 7.70. The summed E-state index contributed by atoms with van der Waals surface area (Å²) in [6.07, 6.45) is 17.4. The fraction of sp³-hybridized carbons (Fsp3) is 1.00. The Morgan fingerprint density at radius 3 is 0.760 bits per heavy atom. The molecule has 0 aliphatic rings. The molecule has 0 radical (unpaired) electrons. The molecule has 25 heavy (non-hydrogen) atoms. The Balaban J connectivity index is -0.000000141. The first-order valence-electron chi connectivity index (χ1n) is 9.71. The second-order valence-corrected chi connectivity index (χ2v) is 11.8. The first-order valence-corrected chi connectivity index (χ1v) is 14.6. The van der Waals surface area contributed by atoms with E-state index in [1.165, 1.54) is 75.5 Å². The van der Waals surface area contributed by atoms with Crippen LogP contribution in [-0.4, -0.2) is 49.9 Å². The Bertz CT molecular complexity index is 239. The molecule has 0 aromatic heterocycles. The first-order chi connectivity index (χ1) is 11.4. The molecule has 0 amide bonds. The molecule has 0 aromatic rings. The summed E-state index contributed by atoms with van der Waals surface area (Å²) in [6, 6.07) is 0. The zero-order valence-electron chi connectivity index (χ0n) is 17.5. The van der Waals surface area contributed by atoms with E-state index >= 15 is 0 Å². The van der Waals surface area contributed by atoms with Crippen LogP contribution in [0.15, 0.2) is 0 Å². The molecule has 0 atom stereocenters. The van der Waals surface area contributed by atoms with Gasteiger partial charge in [0.1, 0.15) is 0 Å². The molecular weight excluding hydrogens is 394 g/mol. The maximum atomic E-state index is 8.59. The first kappa shape index (κ1) is 33.6. The van der Waals surface area contributed by atoms with Crippen LogP contribution in [-0.2, 0) is 11.0 Å². The maximum Gasteiger partial charge on any atom is 0.254 e. The number of hydrogen-bond donors (Lipinski definition) is 2. The van der Waals surface area contributed by atoms with E-state index in [-0.39, 0.29) is 12.4 Å². The lowest BCUT2D eigenvalue weighted by molar-refractivity contribution is 0.509. The van der Waals surface area contributed by atoms with E-state index in [1.807, 2.05) is 0 Å². The predicted molar refractivity (Wildman–Crippen MR) is 125 cm³/mol. The highest BCUT2D eigenvalue weighted by Crippen LogP contribution is 2.37. The van der Waals surface area contributed by atoms with Crippen molar-refractivity contribution in [1.82, 2.24) is 0 Å². The third-order valence-electron chi connectivity index (χ3n) is 3.24. The zero-order valence-corrected chi connectivity index (χ0v) is 21.0. The highest BCUT2D eigenvalue weighted by molar-refractivity contribution is 7.66. The Morgan fingerprint density at radius 1 is 0.560 bits per heavy atom. The molecule has 0 fully saturated rings. The molecule has 0 aromatic carbocycles. The minimum atomic E-state index is -3.12. The van der Waals surface area contributed by atoms with Crippen LogP contribution in [0.5, 0.6) is 0 Å². The number of hydrogen-bond acceptors (Lipinski definition) is 2. The lowest BCUT2D eigenvalue weighted by Crippen LogP contribution is -1.92. The topological polar surface area (TPSA) is 54.4 Å². The summed E-state index contributed by atoms with van der Waals surface area (Å²) in [4.78, 5) is 0.